The number of benzene rings is 2. The van der Waals surface area contributed by atoms with E-state index in [0.717, 1.165) is 24.2 Å². The second-order valence-corrected chi connectivity index (χ2v) is 6.17. The van der Waals surface area contributed by atoms with Gasteiger partial charge in [0.25, 0.3) is 0 Å². The molecule has 3 rings (SSSR count). The smallest absolute Gasteiger partial charge is 0.124 e. The topological polar surface area (TPSA) is 35.2 Å². The number of hydrogen-bond donors (Lipinski definition) is 1. The summed E-state index contributed by atoms with van der Waals surface area (Å²) in [6.45, 7) is 4.35. The standard InChI is InChI=1S/C19H23NO/c1-13-8-9-19-17(10-13)18(20)12-16(21-19)11-14(2)15-6-4-3-5-7-15/h3-10,14,16,18H,11-12,20H2,1-2H3/t14?,16?,18-/m1/s1. The van der Waals surface area contributed by atoms with Gasteiger partial charge in [-0.05, 0) is 30.9 Å². The van der Waals surface area contributed by atoms with Crippen LogP contribution in [0.5, 0.6) is 5.75 Å². The summed E-state index contributed by atoms with van der Waals surface area (Å²) in [4.78, 5) is 0. The van der Waals surface area contributed by atoms with Gasteiger partial charge in [0.2, 0.25) is 0 Å². The highest BCUT2D eigenvalue weighted by atomic mass is 16.5. The molecule has 0 aromatic heterocycles. The number of rotatable bonds is 3. The maximum atomic E-state index is 6.34. The number of aryl methyl sites for hydroxylation is 1. The van der Waals surface area contributed by atoms with Crippen LogP contribution >= 0.6 is 0 Å². The summed E-state index contributed by atoms with van der Waals surface area (Å²) in [5.74, 6) is 1.44. The predicted molar refractivity (Wildman–Crippen MR) is 86.6 cm³/mol. The first-order chi connectivity index (χ1) is 10.1. The van der Waals surface area contributed by atoms with E-state index in [1.807, 2.05) is 0 Å². The first-order valence-electron chi connectivity index (χ1n) is 7.71. The monoisotopic (exact) mass is 281 g/mol. The fourth-order valence-corrected chi connectivity index (χ4v) is 3.16. The van der Waals surface area contributed by atoms with Crippen LogP contribution in [0.2, 0.25) is 0 Å². The third-order valence-electron chi connectivity index (χ3n) is 4.36. The van der Waals surface area contributed by atoms with Crippen molar-refractivity contribution >= 4 is 0 Å². The van der Waals surface area contributed by atoms with E-state index < -0.39 is 0 Å². The molecule has 0 fully saturated rings. The van der Waals surface area contributed by atoms with Crippen molar-refractivity contribution in [2.24, 2.45) is 5.73 Å². The van der Waals surface area contributed by atoms with Crippen LogP contribution in [0, 0.1) is 6.92 Å². The van der Waals surface area contributed by atoms with Crippen LogP contribution in [-0.4, -0.2) is 6.10 Å². The van der Waals surface area contributed by atoms with Gasteiger partial charge in [0.15, 0.2) is 0 Å². The first kappa shape index (κ1) is 14.2. The van der Waals surface area contributed by atoms with Crippen molar-refractivity contribution in [1.82, 2.24) is 0 Å². The van der Waals surface area contributed by atoms with Crippen LogP contribution in [0.3, 0.4) is 0 Å². The zero-order chi connectivity index (χ0) is 14.8. The molecule has 0 spiro atoms. The van der Waals surface area contributed by atoms with E-state index in [4.69, 9.17) is 10.5 Å². The summed E-state index contributed by atoms with van der Waals surface area (Å²) in [6.07, 6.45) is 2.10. The minimum absolute atomic E-state index is 0.0848. The van der Waals surface area contributed by atoms with Gasteiger partial charge in [-0.25, -0.2) is 0 Å². The molecule has 2 unspecified atom stereocenters. The summed E-state index contributed by atoms with van der Waals surface area (Å²) in [7, 11) is 0. The number of fused-ring (bicyclic) bond motifs is 1. The van der Waals surface area contributed by atoms with Crippen molar-refractivity contribution in [1.29, 1.82) is 0 Å². The van der Waals surface area contributed by atoms with Crippen molar-refractivity contribution in [3.8, 4) is 5.75 Å². The normalized spacial score (nSPS) is 22.2. The highest BCUT2D eigenvalue weighted by Gasteiger charge is 2.27. The lowest BCUT2D eigenvalue weighted by molar-refractivity contribution is 0.143. The van der Waals surface area contributed by atoms with E-state index in [0.29, 0.717) is 5.92 Å². The van der Waals surface area contributed by atoms with E-state index in [9.17, 15) is 0 Å². The lowest BCUT2D eigenvalue weighted by atomic mass is 9.89. The van der Waals surface area contributed by atoms with Gasteiger partial charge in [0.1, 0.15) is 11.9 Å². The average Bonchev–Trinajstić information content (AvgIpc) is 2.49. The third kappa shape index (κ3) is 3.11. The molecule has 21 heavy (non-hydrogen) atoms. The van der Waals surface area contributed by atoms with Crippen molar-refractivity contribution < 1.29 is 4.74 Å². The maximum Gasteiger partial charge on any atom is 0.124 e. The van der Waals surface area contributed by atoms with Crippen molar-refractivity contribution in [2.45, 2.75) is 44.8 Å². The van der Waals surface area contributed by atoms with Gasteiger partial charge in [0.05, 0.1) is 0 Å². The second-order valence-electron chi connectivity index (χ2n) is 6.17. The zero-order valence-corrected chi connectivity index (χ0v) is 12.8. The number of nitrogens with two attached hydrogens (primary N) is 1. The van der Waals surface area contributed by atoms with Gasteiger partial charge in [-0.2, -0.15) is 0 Å². The highest BCUT2D eigenvalue weighted by Crippen LogP contribution is 2.36. The summed E-state index contributed by atoms with van der Waals surface area (Å²) < 4.78 is 6.17. The molecule has 0 bridgehead atoms. The molecule has 1 aliphatic rings. The van der Waals surface area contributed by atoms with Crippen LogP contribution in [-0.2, 0) is 0 Å². The minimum Gasteiger partial charge on any atom is -0.490 e. The molecule has 2 N–H and O–H groups in total. The van der Waals surface area contributed by atoms with Gasteiger partial charge in [0, 0.05) is 18.0 Å². The van der Waals surface area contributed by atoms with Crippen LogP contribution < -0.4 is 10.5 Å². The summed E-state index contributed by atoms with van der Waals surface area (Å²) >= 11 is 0. The van der Waals surface area contributed by atoms with Crippen LogP contribution in [0.4, 0.5) is 0 Å². The largest absolute Gasteiger partial charge is 0.490 e. The number of hydrogen-bond acceptors (Lipinski definition) is 2. The van der Waals surface area contributed by atoms with Crippen LogP contribution in [0.1, 0.15) is 48.4 Å². The Kier molecular flexibility index (Phi) is 3.98. The lowest BCUT2D eigenvalue weighted by Crippen LogP contribution is -2.30. The molecule has 2 heteroatoms. The molecular weight excluding hydrogens is 258 g/mol. The van der Waals surface area contributed by atoms with Gasteiger partial charge in [-0.3, -0.25) is 0 Å². The lowest BCUT2D eigenvalue weighted by Gasteiger charge is -2.32. The van der Waals surface area contributed by atoms with Gasteiger partial charge in [-0.1, -0.05) is 55.0 Å². The number of ether oxygens (including phenoxy) is 1. The summed E-state index contributed by atoms with van der Waals surface area (Å²) in [5, 5.41) is 0. The van der Waals surface area contributed by atoms with E-state index >= 15 is 0 Å². The highest BCUT2D eigenvalue weighted by molar-refractivity contribution is 5.40. The predicted octanol–water partition coefficient (Wildman–Crippen LogP) is 4.34. The molecule has 3 atom stereocenters. The SMILES string of the molecule is Cc1ccc2c(c1)[C@H](N)CC(CC(C)c1ccccc1)O2. The van der Waals surface area contributed by atoms with Crippen LogP contribution in [0.15, 0.2) is 48.5 Å². The van der Waals surface area contributed by atoms with E-state index in [1.54, 1.807) is 0 Å². The quantitative estimate of drug-likeness (QED) is 0.908. The van der Waals surface area contributed by atoms with E-state index in [-0.39, 0.29) is 12.1 Å². The Morgan fingerprint density at radius 2 is 1.95 bits per heavy atom. The van der Waals surface area contributed by atoms with E-state index in [2.05, 4.69) is 62.4 Å². The van der Waals surface area contributed by atoms with Gasteiger partial charge in [-0.15, -0.1) is 0 Å². The van der Waals surface area contributed by atoms with Crippen molar-refractivity contribution in [3.05, 3.63) is 65.2 Å². The molecule has 110 valence electrons. The molecule has 0 amide bonds. The Morgan fingerprint density at radius 1 is 1.19 bits per heavy atom. The Hall–Kier alpha value is -1.80. The molecule has 0 saturated heterocycles. The Labute approximate surface area is 126 Å². The molecule has 0 saturated carbocycles. The molecule has 1 heterocycles. The molecule has 2 aromatic rings. The fraction of sp³-hybridized carbons (Fsp3) is 0.368. The fourth-order valence-electron chi connectivity index (χ4n) is 3.16. The van der Waals surface area contributed by atoms with Crippen molar-refractivity contribution in [3.63, 3.8) is 0 Å². The van der Waals surface area contributed by atoms with Crippen molar-refractivity contribution in [2.75, 3.05) is 0 Å². The molecule has 1 aliphatic heterocycles. The maximum absolute atomic E-state index is 6.34. The second kappa shape index (κ2) is 5.90. The molecule has 2 nitrogen and oxygen atoms in total. The minimum atomic E-state index is 0.0848. The molecular formula is C19H23NO. The average molecular weight is 281 g/mol. The molecule has 2 aromatic carbocycles. The Balaban J connectivity index is 1.73. The Morgan fingerprint density at radius 3 is 2.71 bits per heavy atom. The molecule has 0 radical (unpaired) electrons. The summed E-state index contributed by atoms with van der Waals surface area (Å²) in [5.41, 5.74) is 10.1. The Bertz CT molecular complexity index is 608. The third-order valence-corrected chi connectivity index (χ3v) is 4.36. The van der Waals surface area contributed by atoms with Gasteiger partial charge < -0.3 is 10.5 Å². The summed E-state index contributed by atoms with van der Waals surface area (Å²) in [6, 6.07) is 17.0. The zero-order valence-electron chi connectivity index (χ0n) is 12.8. The first-order valence-corrected chi connectivity index (χ1v) is 7.71. The van der Waals surface area contributed by atoms with Gasteiger partial charge >= 0.3 is 0 Å². The van der Waals surface area contributed by atoms with Crippen LogP contribution in [0.25, 0.3) is 0 Å². The molecule has 0 aliphatic carbocycles. The van der Waals surface area contributed by atoms with E-state index in [1.165, 1.54) is 11.1 Å².